The summed E-state index contributed by atoms with van der Waals surface area (Å²) in [5.74, 6) is 0. The van der Waals surface area contributed by atoms with E-state index in [9.17, 15) is 26.3 Å². The van der Waals surface area contributed by atoms with E-state index in [0.717, 1.165) is 37.9 Å². The number of benzene rings is 3. The van der Waals surface area contributed by atoms with Gasteiger partial charge in [-0.1, -0.05) is 79.0 Å². The summed E-state index contributed by atoms with van der Waals surface area (Å²) < 4.78 is 80.1. The van der Waals surface area contributed by atoms with Crippen LogP contribution in [0.25, 0.3) is 27.5 Å². The van der Waals surface area contributed by atoms with E-state index in [2.05, 4.69) is 4.57 Å². The fraction of sp³-hybridized carbons (Fsp3) is 0.357. The molecule has 0 unspecified atom stereocenters. The van der Waals surface area contributed by atoms with Crippen molar-refractivity contribution < 1.29 is 26.3 Å². The topological polar surface area (TPSA) is 4.93 Å². The average Bonchev–Trinajstić information content (AvgIpc) is 3.14. The average molecular weight is 552 g/mol. The number of hydrogen-bond acceptors (Lipinski definition) is 0. The SMILES string of the molecule is C[Si](C)(CCC(F)(F)F)c1ccc2c(c1)c1cc([Si](C)(C)CCC(F)(F)F)ccc1n2-c1ccccc1. The Morgan fingerprint density at radius 2 is 1.00 bits per heavy atom. The van der Waals surface area contributed by atoms with Gasteiger partial charge in [-0.25, -0.2) is 0 Å². The van der Waals surface area contributed by atoms with Gasteiger partial charge in [0.1, 0.15) is 0 Å². The molecule has 0 fully saturated rings. The van der Waals surface area contributed by atoms with Gasteiger partial charge in [0.25, 0.3) is 0 Å². The number of fused-ring (bicyclic) bond motifs is 3. The molecular formula is C28H31F6NSi2. The Morgan fingerprint density at radius 3 is 1.38 bits per heavy atom. The van der Waals surface area contributed by atoms with Crippen LogP contribution in [0.15, 0.2) is 66.7 Å². The molecule has 1 nitrogen and oxygen atoms in total. The Bertz CT molecular complexity index is 1310. The fourth-order valence-electron chi connectivity index (χ4n) is 4.92. The van der Waals surface area contributed by atoms with Gasteiger partial charge in [-0.05, 0) is 36.4 Å². The van der Waals surface area contributed by atoms with Crippen molar-refractivity contribution >= 4 is 48.3 Å². The summed E-state index contributed by atoms with van der Waals surface area (Å²) in [6.45, 7) is 7.81. The fourth-order valence-corrected chi connectivity index (χ4v) is 9.45. The molecular weight excluding hydrogens is 520 g/mol. The van der Waals surface area contributed by atoms with Crippen LogP contribution in [0, 0.1) is 0 Å². The lowest BCUT2D eigenvalue weighted by Gasteiger charge is -2.24. The molecule has 0 aliphatic rings. The van der Waals surface area contributed by atoms with Gasteiger partial charge in [-0.3, -0.25) is 0 Å². The van der Waals surface area contributed by atoms with Gasteiger partial charge in [0.2, 0.25) is 0 Å². The molecule has 37 heavy (non-hydrogen) atoms. The minimum Gasteiger partial charge on any atom is -0.309 e. The van der Waals surface area contributed by atoms with Crippen LogP contribution in [-0.4, -0.2) is 33.1 Å². The molecule has 0 radical (unpaired) electrons. The maximum absolute atomic E-state index is 13.0. The van der Waals surface area contributed by atoms with Crippen molar-refractivity contribution in [1.82, 2.24) is 4.57 Å². The second-order valence-corrected chi connectivity index (χ2v) is 20.8. The first kappa shape index (κ1) is 27.5. The van der Waals surface area contributed by atoms with Gasteiger partial charge in [0.15, 0.2) is 0 Å². The minimum absolute atomic E-state index is 0.0992. The maximum Gasteiger partial charge on any atom is 0.388 e. The van der Waals surface area contributed by atoms with Gasteiger partial charge in [0.05, 0.1) is 27.2 Å². The molecule has 0 N–H and O–H groups in total. The highest BCUT2D eigenvalue weighted by atomic mass is 28.3. The van der Waals surface area contributed by atoms with E-state index in [0.29, 0.717) is 0 Å². The largest absolute Gasteiger partial charge is 0.388 e. The van der Waals surface area contributed by atoms with Crippen molar-refractivity contribution in [3.63, 3.8) is 0 Å². The van der Waals surface area contributed by atoms with E-state index >= 15 is 0 Å². The summed E-state index contributed by atoms with van der Waals surface area (Å²) >= 11 is 0. The second kappa shape index (κ2) is 9.65. The number of alkyl halides is 6. The van der Waals surface area contributed by atoms with E-state index < -0.39 is 41.3 Å². The van der Waals surface area contributed by atoms with Gasteiger partial charge >= 0.3 is 12.4 Å². The van der Waals surface area contributed by atoms with Crippen LogP contribution in [0.2, 0.25) is 38.3 Å². The minimum atomic E-state index is -4.20. The lowest BCUT2D eigenvalue weighted by Crippen LogP contribution is -2.42. The number of nitrogens with zero attached hydrogens (tertiary/aromatic N) is 1. The van der Waals surface area contributed by atoms with Gasteiger partial charge < -0.3 is 4.57 Å². The molecule has 0 saturated carbocycles. The molecule has 0 amide bonds. The third-order valence-corrected chi connectivity index (χ3v) is 14.2. The van der Waals surface area contributed by atoms with Crippen LogP contribution in [0.4, 0.5) is 26.3 Å². The van der Waals surface area contributed by atoms with E-state index in [4.69, 9.17) is 0 Å². The van der Waals surface area contributed by atoms with Crippen LogP contribution in [0.1, 0.15) is 12.8 Å². The highest BCUT2D eigenvalue weighted by Gasteiger charge is 2.35. The molecule has 0 bridgehead atoms. The predicted octanol–water partition coefficient (Wildman–Crippen LogP) is 8.52. The highest BCUT2D eigenvalue weighted by molar-refractivity contribution is 6.90. The second-order valence-electron chi connectivity index (χ2n) is 11.1. The van der Waals surface area contributed by atoms with Crippen molar-refractivity contribution in [3.8, 4) is 5.69 Å². The third kappa shape index (κ3) is 6.14. The molecule has 0 saturated heterocycles. The molecule has 4 aromatic rings. The Kier molecular flexibility index (Phi) is 7.18. The molecule has 0 spiro atoms. The van der Waals surface area contributed by atoms with E-state index in [1.165, 1.54) is 0 Å². The maximum atomic E-state index is 13.0. The Morgan fingerprint density at radius 1 is 0.595 bits per heavy atom. The molecule has 4 rings (SSSR count). The molecule has 1 heterocycles. The Balaban J connectivity index is 1.89. The van der Waals surface area contributed by atoms with Gasteiger partial charge in [-0.2, -0.15) is 26.3 Å². The normalized spacial score (nSPS) is 13.6. The highest BCUT2D eigenvalue weighted by Crippen LogP contribution is 2.34. The van der Waals surface area contributed by atoms with Gasteiger partial charge in [0, 0.05) is 29.3 Å². The van der Waals surface area contributed by atoms with E-state index in [1.807, 2.05) is 92.9 Å². The predicted molar refractivity (Wildman–Crippen MR) is 146 cm³/mol. The number of rotatable bonds is 7. The molecule has 0 aliphatic carbocycles. The van der Waals surface area contributed by atoms with E-state index in [1.54, 1.807) is 0 Å². The summed E-state index contributed by atoms with van der Waals surface area (Å²) in [7, 11) is -4.79. The summed E-state index contributed by atoms with van der Waals surface area (Å²) in [5.41, 5.74) is 2.81. The van der Waals surface area contributed by atoms with Crippen LogP contribution < -0.4 is 10.4 Å². The molecule has 0 aliphatic heterocycles. The zero-order chi connectivity index (χ0) is 27.2. The lowest BCUT2D eigenvalue weighted by molar-refractivity contribution is -0.131. The zero-order valence-electron chi connectivity index (χ0n) is 21.4. The zero-order valence-corrected chi connectivity index (χ0v) is 23.4. The smallest absolute Gasteiger partial charge is 0.309 e. The van der Waals surface area contributed by atoms with Crippen molar-refractivity contribution in [2.24, 2.45) is 0 Å². The van der Waals surface area contributed by atoms with Crippen LogP contribution in [-0.2, 0) is 0 Å². The first-order valence-electron chi connectivity index (χ1n) is 12.4. The summed E-state index contributed by atoms with van der Waals surface area (Å²) in [4.78, 5) is 0. The monoisotopic (exact) mass is 551 g/mol. The van der Waals surface area contributed by atoms with Crippen molar-refractivity contribution in [2.75, 3.05) is 0 Å². The first-order valence-corrected chi connectivity index (χ1v) is 18.8. The molecule has 198 valence electrons. The van der Waals surface area contributed by atoms with Gasteiger partial charge in [-0.15, -0.1) is 0 Å². The van der Waals surface area contributed by atoms with Crippen molar-refractivity contribution in [2.45, 2.75) is 63.5 Å². The Labute approximate surface area is 215 Å². The number of hydrogen-bond donors (Lipinski definition) is 0. The van der Waals surface area contributed by atoms with Crippen molar-refractivity contribution in [3.05, 3.63) is 66.7 Å². The number of para-hydroxylation sites is 1. The lowest BCUT2D eigenvalue weighted by atomic mass is 10.1. The van der Waals surface area contributed by atoms with Crippen molar-refractivity contribution in [1.29, 1.82) is 0 Å². The quantitative estimate of drug-likeness (QED) is 0.160. The standard InChI is InChI=1S/C28H31F6NSi2/c1-36(2,16-14-27(29,30)31)21-10-12-25-23(18-21)24-19-22(37(3,4)17-15-28(32,33)34)11-13-26(24)35(25)20-8-6-5-7-9-20/h5-13,18-19H,14-17H2,1-4H3. The summed E-state index contributed by atoms with van der Waals surface area (Å²) in [5, 5.41) is 3.73. The molecule has 1 aromatic heterocycles. The van der Waals surface area contributed by atoms with Crippen LogP contribution >= 0.6 is 0 Å². The first-order chi connectivity index (χ1) is 17.1. The van der Waals surface area contributed by atoms with Crippen LogP contribution in [0.3, 0.4) is 0 Å². The number of halogens is 6. The molecule has 9 heteroatoms. The summed E-state index contributed by atoms with van der Waals surface area (Å²) in [6, 6.07) is 21.9. The molecule has 3 aromatic carbocycles. The Hall–Kier alpha value is -2.53. The molecule has 0 atom stereocenters. The van der Waals surface area contributed by atoms with E-state index in [-0.39, 0.29) is 12.1 Å². The summed E-state index contributed by atoms with van der Waals surface area (Å²) in [6.07, 6.45) is -10.0. The third-order valence-electron chi connectivity index (χ3n) is 7.41. The number of aromatic nitrogens is 1. The van der Waals surface area contributed by atoms with Crippen LogP contribution in [0.5, 0.6) is 0 Å².